The van der Waals surface area contributed by atoms with Gasteiger partial charge in [0.05, 0.1) is 35.0 Å². The first-order valence-corrected chi connectivity index (χ1v) is 14.8. The van der Waals surface area contributed by atoms with Crippen LogP contribution in [0, 0.1) is 13.8 Å². The molecule has 1 saturated heterocycles. The second-order valence-electron chi connectivity index (χ2n) is 10.2. The van der Waals surface area contributed by atoms with Crippen molar-refractivity contribution in [1.82, 2.24) is 4.98 Å². The van der Waals surface area contributed by atoms with Crippen LogP contribution in [0.5, 0.6) is 11.5 Å². The van der Waals surface area contributed by atoms with Crippen molar-refractivity contribution in [3.05, 3.63) is 88.5 Å². The van der Waals surface area contributed by atoms with Crippen LogP contribution in [0.25, 0.3) is 16.0 Å². The van der Waals surface area contributed by atoms with Gasteiger partial charge in [-0.15, -0.1) is 0 Å². The highest BCUT2D eigenvalue weighted by atomic mass is 32.1. The van der Waals surface area contributed by atoms with Crippen molar-refractivity contribution in [2.75, 3.05) is 18.1 Å². The Morgan fingerprint density at radius 2 is 1.68 bits per heavy atom. The molecular weight excluding hydrogens is 536 g/mol. The van der Waals surface area contributed by atoms with Gasteiger partial charge in [-0.1, -0.05) is 73.1 Å². The highest BCUT2D eigenvalue weighted by Crippen LogP contribution is 2.46. The molecule has 1 amide bonds. The van der Waals surface area contributed by atoms with Crippen molar-refractivity contribution >= 4 is 44.1 Å². The summed E-state index contributed by atoms with van der Waals surface area (Å²) in [5.74, 6) is -0.621. The van der Waals surface area contributed by atoms with E-state index in [9.17, 15) is 14.7 Å². The average molecular weight is 571 g/mol. The maximum absolute atomic E-state index is 13.7. The Morgan fingerprint density at radius 3 is 2.41 bits per heavy atom. The monoisotopic (exact) mass is 570 g/mol. The number of carbonyl (C=O) groups is 2. The van der Waals surface area contributed by atoms with Crippen LogP contribution < -0.4 is 14.4 Å². The number of benzene rings is 3. The maximum atomic E-state index is 13.7. The Hall–Kier alpha value is -4.17. The van der Waals surface area contributed by atoms with Gasteiger partial charge in [-0.05, 0) is 62.6 Å². The van der Waals surface area contributed by atoms with E-state index in [4.69, 9.17) is 14.5 Å². The number of rotatable bonds is 10. The molecule has 1 aliphatic rings. The quantitative estimate of drug-likeness (QED) is 0.0919. The molecule has 0 radical (unpaired) electrons. The fourth-order valence-electron chi connectivity index (χ4n) is 4.95. The van der Waals surface area contributed by atoms with Gasteiger partial charge in [-0.2, -0.15) is 0 Å². The van der Waals surface area contributed by atoms with Crippen molar-refractivity contribution in [3.8, 4) is 11.5 Å². The minimum absolute atomic E-state index is 0.00773. The molecule has 212 valence electrons. The molecular formula is C33H34N2O5S. The number of Topliss-reactive ketones (excluding diaryl/α,β-unsaturated/α-hetero) is 1. The highest BCUT2D eigenvalue weighted by molar-refractivity contribution is 7.22. The number of aliphatic hydroxyl groups is 1. The lowest BCUT2D eigenvalue weighted by molar-refractivity contribution is -0.132. The van der Waals surface area contributed by atoms with Gasteiger partial charge in [0.2, 0.25) is 0 Å². The van der Waals surface area contributed by atoms with Gasteiger partial charge in [0.15, 0.2) is 16.6 Å². The summed E-state index contributed by atoms with van der Waals surface area (Å²) < 4.78 is 12.9. The van der Waals surface area contributed by atoms with Gasteiger partial charge >= 0.3 is 5.91 Å². The normalized spacial score (nSPS) is 16.5. The molecule has 1 fully saturated rings. The number of aliphatic hydroxyl groups excluding tert-OH is 1. The first-order valence-electron chi connectivity index (χ1n) is 14.0. The molecule has 0 aliphatic carbocycles. The topological polar surface area (TPSA) is 89.0 Å². The second kappa shape index (κ2) is 12.1. The lowest BCUT2D eigenvalue weighted by Gasteiger charge is -2.24. The Bertz CT molecular complexity index is 1620. The minimum Gasteiger partial charge on any atom is -0.507 e. The first-order chi connectivity index (χ1) is 19.8. The zero-order chi connectivity index (χ0) is 29.1. The van der Waals surface area contributed by atoms with Crippen molar-refractivity contribution in [2.45, 2.75) is 53.0 Å². The van der Waals surface area contributed by atoms with Gasteiger partial charge in [-0.25, -0.2) is 4.98 Å². The Kier molecular flexibility index (Phi) is 8.40. The summed E-state index contributed by atoms with van der Waals surface area (Å²) in [6, 6.07) is 17.6. The van der Waals surface area contributed by atoms with E-state index in [-0.39, 0.29) is 11.3 Å². The predicted octanol–water partition coefficient (Wildman–Crippen LogP) is 7.51. The van der Waals surface area contributed by atoms with Crippen LogP contribution in [0.4, 0.5) is 5.13 Å². The SMILES string of the molecule is CCCCCOc1ccc(C2C(=C(O)c3ccc(C)cc3)C(=O)C(=O)N2c2nc3ccc(C)cc3s2)cc1OCC. The molecule has 1 N–H and O–H groups in total. The lowest BCUT2D eigenvalue weighted by Crippen LogP contribution is -2.29. The summed E-state index contributed by atoms with van der Waals surface area (Å²) in [5.41, 5.74) is 3.90. The summed E-state index contributed by atoms with van der Waals surface area (Å²) in [5, 5.41) is 11.9. The van der Waals surface area contributed by atoms with E-state index < -0.39 is 17.7 Å². The van der Waals surface area contributed by atoms with Gasteiger partial charge in [0.25, 0.3) is 5.78 Å². The fourth-order valence-corrected chi connectivity index (χ4v) is 6.04. The Balaban J connectivity index is 1.66. The number of anilines is 1. The van der Waals surface area contributed by atoms with Crippen LogP contribution in [-0.2, 0) is 9.59 Å². The van der Waals surface area contributed by atoms with E-state index in [1.165, 1.54) is 16.2 Å². The average Bonchev–Trinajstić information content (AvgIpc) is 3.49. The Morgan fingerprint density at radius 1 is 0.927 bits per heavy atom. The van der Waals surface area contributed by atoms with Crippen molar-refractivity contribution in [2.24, 2.45) is 0 Å². The molecule has 0 bridgehead atoms. The third-order valence-electron chi connectivity index (χ3n) is 7.10. The van der Waals surface area contributed by atoms with E-state index in [1.54, 1.807) is 24.3 Å². The molecule has 1 atom stereocenters. The molecule has 8 heteroatoms. The summed E-state index contributed by atoms with van der Waals surface area (Å²) in [6.45, 7) is 8.94. The van der Waals surface area contributed by atoms with Crippen LogP contribution in [0.15, 0.2) is 66.2 Å². The van der Waals surface area contributed by atoms with Gasteiger partial charge < -0.3 is 14.6 Å². The number of fused-ring (bicyclic) bond motifs is 1. The molecule has 2 heterocycles. The van der Waals surface area contributed by atoms with E-state index in [1.807, 2.05) is 57.2 Å². The first kappa shape index (κ1) is 28.4. The number of nitrogens with zero attached hydrogens (tertiary/aromatic N) is 2. The minimum atomic E-state index is -0.911. The summed E-state index contributed by atoms with van der Waals surface area (Å²) in [4.78, 5) is 33.4. The third-order valence-corrected chi connectivity index (χ3v) is 8.11. The van der Waals surface area contributed by atoms with Crippen LogP contribution in [0.2, 0.25) is 0 Å². The van der Waals surface area contributed by atoms with Crippen molar-refractivity contribution in [3.63, 3.8) is 0 Å². The number of aromatic nitrogens is 1. The zero-order valence-corrected chi connectivity index (χ0v) is 24.6. The molecule has 5 rings (SSSR count). The van der Waals surface area contributed by atoms with Gasteiger partial charge in [0.1, 0.15) is 5.76 Å². The van der Waals surface area contributed by atoms with E-state index in [0.29, 0.717) is 41.0 Å². The number of thiazole rings is 1. The van der Waals surface area contributed by atoms with Gasteiger partial charge in [0, 0.05) is 5.56 Å². The summed E-state index contributed by atoms with van der Waals surface area (Å²) >= 11 is 1.34. The lowest BCUT2D eigenvalue weighted by atomic mass is 9.95. The predicted molar refractivity (Wildman–Crippen MR) is 163 cm³/mol. The van der Waals surface area contributed by atoms with E-state index in [2.05, 4.69) is 6.92 Å². The number of hydrogen-bond acceptors (Lipinski definition) is 7. The third kappa shape index (κ3) is 5.70. The molecule has 1 aromatic heterocycles. The molecule has 0 spiro atoms. The van der Waals surface area contributed by atoms with Crippen LogP contribution in [-0.4, -0.2) is 35.0 Å². The van der Waals surface area contributed by atoms with Gasteiger partial charge in [-0.3, -0.25) is 14.5 Å². The van der Waals surface area contributed by atoms with Crippen LogP contribution in [0.3, 0.4) is 0 Å². The standard InChI is InChI=1S/C33H34N2O5S/c1-5-7-8-17-40-25-16-14-23(19-26(25)39-6-2)29-28(30(36)22-12-9-20(3)10-13-22)31(37)32(38)35(29)33-34-24-15-11-21(4)18-27(24)41-33/h9-16,18-19,29,36H,5-8,17H2,1-4H3. The van der Waals surface area contributed by atoms with Crippen molar-refractivity contribution in [1.29, 1.82) is 0 Å². The van der Waals surface area contributed by atoms with Crippen molar-refractivity contribution < 1.29 is 24.2 Å². The smallest absolute Gasteiger partial charge is 0.301 e. The van der Waals surface area contributed by atoms with E-state index in [0.717, 1.165) is 40.6 Å². The number of ketones is 1. The maximum Gasteiger partial charge on any atom is 0.301 e. The van der Waals surface area contributed by atoms with Crippen LogP contribution in [0.1, 0.15) is 61.4 Å². The highest BCUT2D eigenvalue weighted by Gasteiger charge is 2.48. The summed E-state index contributed by atoms with van der Waals surface area (Å²) in [7, 11) is 0. The molecule has 0 saturated carbocycles. The van der Waals surface area contributed by atoms with Crippen LogP contribution >= 0.6 is 11.3 Å². The number of aryl methyl sites for hydroxylation is 2. The Labute approximate surface area is 244 Å². The number of carbonyl (C=O) groups excluding carboxylic acids is 2. The molecule has 41 heavy (non-hydrogen) atoms. The molecule has 7 nitrogen and oxygen atoms in total. The number of hydrogen-bond donors (Lipinski definition) is 1. The second-order valence-corrected chi connectivity index (χ2v) is 11.2. The molecule has 1 unspecified atom stereocenters. The molecule has 3 aromatic carbocycles. The van der Waals surface area contributed by atoms with E-state index >= 15 is 0 Å². The molecule has 4 aromatic rings. The zero-order valence-electron chi connectivity index (χ0n) is 23.8. The largest absolute Gasteiger partial charge is 0.507 e. The molecule has 1 aliphatic heterocycles. The summed E-state index contributed by atoms with van der Waals surface area (Å²) in [6.07, 6.45) is 3.08. The number of ether oxygens (including phenoxy) is 2. The fraction of sp³-hybridized carbons (Fsp3) is 0.303. The number of unbranched alkanes of at least 4 members (excludes halogenated alkanes) is 2. The number of amides is 1.